The highest BCUT2D eigenvalue weighted by Crippen LogP contribution is 2.30. The van der Waals surface area contributed by atoms with Gasteiger partial charge in [-0.05, 0) is 59.3 Å². The number of aryl methyl sites for hydroxylation is 1. The first-order valence-corrected chi connectivity index (χ1v) is 8.05. The number of aromatic nitrogens is 3. The Balaban J connectivity index is 2.06. The Labute approximate surface area is 138 Å². The van der Waals surface area contributed by atoms with Gasteiger partial charge in [-0.2, -0.15) is 5.10 Å². The van der Waals surface area contributed by atoms with E-state index in [1.165, 1.54) is 5.56 Å². The number of aromatic amines is 2. The Morgan fingerprint density at radius 1 is 1.08 bits per heavy atom. The molecule has 2 aromatic carbocycles. The Morgan fingerprint density at radius 3 is 2.79 bits per heavy atom. The number of nitrogens with zero attached hydrogens (tertiary/aromatic N) is 1. The van der Waals surface area contributed by atoms with Crippen molar-refractivity contribution < 1.29 is 0 Å². The maximum absolute atomic E-state index is 12.4. The summed E-state index contributed by atoms with van der Waals surface area (Å²) in [6.07, 6.45) is 5.25. The molecule has 2 heterocycles. The molecule has 0 bridgehead atoms. The van der Waals surface area contributed by atoms with E-state index >= 15 is 0 Å². The maximum Gasteiger partial charge on any atom is 0.256 e. The Kier molecular flexibility index (Phi) is 3.63. The number of nitrogens with two attached hydrogens (primary N) is 1. The topological polar surface area (TPSA) is 87.6 Å². The highest BCUT2D eigenvalue weighted by atomic mass is 16.1. The molecule has 0 unspecified atom stereocenters. The van der Waals surface area contributed by atoms with Gasteiger partial charge in [-0.1, -0.05) is 18.2 Å². The second kappa shape index (κ2) is 5.94. The van der Waals surface area contributed by atoms with Crippen LogP contribution in [-0.2, 0) is 6.42 Å². The summed E-state index contributed by atoms with van der Waals surface area (Å²) in [4.78, 5) is 15.2. The zero-order chi connectivity index (χ0) is 16.5. The van der Waals surface area contributed by atoms with Crippen LogP contribution in [0.3, 0.4) is 0 Å². The van der Waals surface area contributed by atoms with Gasteiger partial charge in [-0.25, -0.2) is 0 Å². The predicted octanol–water partition coefficient (Wildman–Crippen LogP) is 2.96. The van der Waals surface area contributed by atoms with Crippen molar-refractivity contribution in [3.05, 3.63) is 64.7 Å². The summed E-state index contributed by atoms with van der Waals surface area (Å²) >= 11 is 0. The van der Waals surface area contributed by atoms with Gasteiger partial charge in [0.25, 0.3) is 5.56 Å². The smallest absolute Gasteiger partial charge is 0.256 e. The van der Waals surface area contributed by atoms with Crippen molar-refractivity contribution in [2.75, 3.05) is 6.54 Å². The van der Waals surface area contributed by atoms with E-state index in [1.54, 1.807) is 12.4 Å². The van der Waals surface area contributed by atoms with E-state index in [4.69, 9.17) is 5.73 Å². The van der Waals surface area contributed by atoms with Crippen LogP contribution in [0.25, 0.3) is 32.8 Å². The quantitative estimate of drug-likeness (QED) is 0.505. The summed E-state index contributed by atoms with van der Waals surface area (Å²) in [5.74, 6) is 0. The highest BCUT2D eigenvalue weighted by Gasteiger charge is 2.11. The summed E-state index contributed by atoms with van der Waals surface area (Å²) in [5, 5.41) is 10.7. The molecule has 0 aliphatic heterocycles. The molecule has 120 valence electrons. The molecule has 2 aromatic heterocycles. The number of hydrogen-bond donors (Lipinski definition) is 3. The number of fused-ring (bicyclic) bond motifs is 3. The highest BCUT2D eigenvalue weighted by molar-refractivity contribution is 6.09. The van der Waals surface area contributed by atoms with E-state index < -0.39 is 0 Å². The van der Waals surface area contributed by atoms with Crippen LogP contribution in [-0.4, -0.2) is 21.7 Å². The fourth-order valence-electron chi connectivity index (χ4n) is 3.27. The van der Waals surface area contributed by atoms with Crippen LogP contribution in [0.2, 0.25) is 0 Å². The zero-order valence-corrected chi connectivity index (χ0v) is 13.2. The summed E-state index contributed by atoms with van der Waals surface area (Å²) < 4.78 is 0. The van der Waals surface area contributed by atoms with Gasteiger partial charge in [0.1, 0.15) is 0 Å². The lowest BCUT2D eigenvalue weighted by atomic mass is 9.94. The molecule has 24 heavy (non-hydrogen) atoms. The monoisotopic (exact) mass is 318 g/mol. The summed E-state index contributed by atoms with van der Waals surface area (Å²) in [6, 6.07) is 12.2. The molecule has 0 aliphatic rings. The van der Waals surface area contributed by atoms with Crippen LogP contribution in [0.15, 0.2) is 53.6 Å². The molecule has 0 spiro atoms. The molecule has 5 heteroatoms. The average molecular weight is 318 g/mol. The van der Waals surface area contributed by atoms with Gasteiger partial charge in [0.15, 0.2) is 0 Å². The second-order valence-electron chi connectivity index (χ2n) is 5.93. The van der Waals surface area contributed by atoms with Gasteiger partial charge >= 0.3 is 0 Å². The number of benzene rings is 2. The Hall–Kier alpha value is -2.92. The van der Waals surface area contributed by atoms with Gasteiger partial charge in [0.05, 0.1) is 11.1 Å². The van der Waals surface area contributed by atoms with Gasteiger partial charge in [-0.3, -0.25) is 9.89 Å². The lowest BCUT2D eigenvalue weighted by Gasteiger charge is -2.11. The summed E-state index contributed by atoms with van der Waals surface area (Å²) in [5.41, 5.74) is 8.79. The first-order chi connectivity index (χ1) is 11.8. The average Bonchev–Trinajstić information content (AvgIpc) is 3.13. The molecule has 4 N–H and O–H groups in total. The second-order valence-corrected chi connectivity index (χ2v) is 5.93. The lowest BCUT2D eigenvalue weighted by Crippen LogP contribution is -2.06. The number of nitrogens with one attached hydrogen (secondary N) is 2. The summed E-state index contributed by atoms with van der Waals surface area (Å²) in [7, 11) is 0. The fourth-order valence-corrected chi connectivity index (χ4v) is 3.27. The largest absolute Gasteiger partial charge is 0.330 e. The van der Waals surface area contributed by atoms with E-state index in [-0.39, 0.29) is 5.56 Å². The molecule has 0 fully saturated rings. The molecule has 4 aromatic rings. The van der Waals surface area contributed by atoms with Crippen molar-refractivity contribution in [1.29, 1.82) is 0 Å². The van der Waals surface area contributed by atoms with Crippen LogP contribution < -0.4 is 11.3 Å². The van der Waals surface area contributed by atoms with Crippen molar-refractivity contribution in [3.63, 3.8) is 0 Å². The van der Waals surface area contributed by atoms with Crippen LogP contribution in [0.5, 0.6) is 0 Å². The maximum atomic E-state index is 12.4. The van der Waals surface area contributed by atoms with E-state index in [2.05, 4.69) is 39.4 Å². The zero-order valence-electron chi connectivity index (χ0n) is 13.2. The molecule has 0 amide bonds. The van der Waals surface area contributed by atoms with E-state index in [9.17, 15) is 4.79 Å². The number of hydrogen-bond acceptors (Lipinski definition) is 3. The first kappa shape index (κ1) is 14.7. The molecule has 0 radical (unpaired) electrons. The standard InChI is InChI=1S/C19H18N4O/c20-7-1-2-12-10-14-5-8-21-19(24)18(14)16-11-13(3-4-15(12)16)17-6-9-22-23-17/h3-6,8-11H,1-2,7,20H2,(H,21,24)(H,22,23). The van der Waals surface area contributed by atoms with Crippen LogP contribution in [0.4, 0.5) is 0 Å². The van der Waals surface area contributed by atoms with E-state index in [1.807, 2.05) is 12.1 Å². The molecular formula is C19H18N4O. The van der Waals surface area contributed by atoms with E-state index in [0.29, 0.717) is 6.54 Å². The minimum Gasteiger partial charge on any atom is -0.330 e. The van der Waals surface area contributed by atoms with Gasteiger partial charge in [0, 0.05) is 18.0 Å². The van der Waals surface area contributed by atoms with Crippen molar-refractivity contribution in [2.45, 2.75) is 12.8 Å². The third-order valence-corrected chi connectivity index (χ3v) is 4.42. The lowest BCUT2D eigenvalue weighted by molar-refractivity contribution is 0.838. The first-order valence-electron chi connectivity index (χ1n) is 8.05. The van der Waals surface area contributed by atoms with Gasteiger partial charge in [0.2, 0.25) is 0 Å². The molecule has 0 saturated heterocycles. The minimum atomic E-state index is -0.0652. The van der Waals surface area contributed by atoms with Gasteiger partial charge < -0.3 is 10.7 Å². The number of rotatable bonds is 4. The van der Waals surface area contributed by atoms with Gasteiger partial charge in [-0.15, -0.1) is 0 Å². The van der Waals surface area contributed by atoms with Crippen LogP contribution >= 0.6 is 0 Å². The van der Waals surface area contributed by atoms with Crippen molar-refractivity contribution in [2.24, 2.45) is 5.73 Å². The third-order valence-electron chi connectivity index (χ3n) is 4.42. The SMILES string of the molecule is NCCCc1cc2cc[nH]c(=O)c2c2cc(-c3ccn[nH]3)ccc12. The van der Waals surface area contributed by atoms with Crippen molar-refractivity contribution in [3.8, 4) is 11.3 Å². The molecule has 0 aliphatic carbocycles. The Bertz CT molecular complexity index is 1060. The molecule has 0 saturated carbocycles. The molecule has 4 rings (SSSR count). The Morgan fingerprint density at radius 2 is 2.00 bits per heavy atom. The number of pyridine rings is 1. The van der Waals surface area contributed by atoms with Crippen molar-refractivity contribution >= 4 is 21.5 Å². The fraction of sp³-hybridized carbons (Fsp3) is 0.158. The molecular weight excluding hydrogens is 300 g/mol. The van der Waals surface area contributed by atoms with Crippen LogP contribution in [0.1, 0.15) is 12.0 Å². The summed E-state index contributed by atoms with van der Waals surface area (Å²) in [6.45, 7) is 0.654. The predicted molar refractivity (Wildman–Crippen MR) is 97.0 cm³/mol. The minimum absolute atomic E-state index is 0.0652. The van der Waals surface area contributed by atoms with Crippen LogP contribution in [0, 0.1) is 0 Å². The molecule has 0 atom stereocenters. The number of H-pyrrole nitrogens is 2. The normalized spacial score (nSPS) is 11.4. The third kappa shape index (κ3) is 2.39. The molecule has 5 nitrogen and oxygen atoms in total. The van der Waals surface area contributed by atoms with Crippen molar-refractivity contribution in [1.82, 2.24) is 15.2 Å². The van der Waals surface area contributed by atoms with E-state index in [0.717, 1.165) is 45.6 Å².